The highest BCUT2D eigenvalue weighted by Crippen LogP contribution is 2.08. The lowest BCUT2D eigenvalue weighted by molar-refractivity contribution is -0.142. The number of methoxy groups -OCH3 is 1. The Morgan fingerprint density at radius 3 is 2.45 bits per heavy atom. The molecule has 0 aromatic rings. The molecule has 0 N–H and O–H groups in total. The van der Waals surface area contributed by atoms with Crippen LogP contribution in [0.3, 0.4) is 0 Å². The average molecular weight is 175 g/mol. The van der Waals surface area contributed by atoms with Crippen molar-refractivity contribution in [2.24, 2.45) is 10.3 Å². The average Bonchev–Trinajstić information content (AvgIpc) is 1.98. The van der Waals surface area contributed by atoms with Gasteiger partial charge in [0.05, 0.1) is 7.11 Å². The lowest BCUT2D eigenvalue weighted by atomic mass is 10.1. The van der Waals surface area contributed by atoms with Crippen LogP contribution in [0, 0.1) is 5.92 Å². The van der Waals surface area contributed by atoms with Crippen molar-refractivity contribution in [1.82, 2.24) is 0 Å². The predicted octanol–water partition coefficient (Wildman–Crippen LogP) is 1.30. The minimum Gasteiger partial charge on any atom is -0.467 e. The first-order valence-electron chi connectivity index (χ1n) is 3.52. The van der Waals surface area contributed by atoms with E-state index in [1.807, 2.05) is 13.8 Å². The fourth-order valence-electron chi connectivity index (χ4n) is 0.765. The van der Waals surface area contributed by atoms with Crippen LogP contribution >= 0.6 is 0 Å². The van der Waals surface area contributed by atoms with Gasteiger partial charge in [0.15, 0.2) is 6.04 Å². The van der Waals surface area contributed by atoms with Gasteiger partial charge < -0.3 is 4.74 Å². The number of carbonyl (C=O) groups is 1. The molecular formula is C7H13NO2S. The van der Waals surface area contributed by atoms with Crippen LogP contribution in [0.4, 0.5) is 0 Å². The Labute approximate surface area is 72.3 Å². The summed E-state index contributed by atoms with van der Waals surface area (Å²) in [6.07, 6.45) is 0.663. The number of hydrogen-bond acceptors (Lipinski definition) is 4. The van der Waals surface area contributed by atoms with Crippen molar-refractivity contribution in [3.63, 3.8) is 0 Å². The van der Waals surface area contributed by atoms with Gasteiger partial charge in [-0.25, -0.2) is 9.16 Å². The summed E-state index contributed by atoms with van der Waals surface area (Å²) in [5, 5.41) is 0. The highest BCUT2D eigenvalue weighted by molar-refractivity contribution is 7.47. The van der Waals surface area contributed by atoms with E-state index in [-0.39, 0.29) is 5.97 Å². The first kappa shape index (κ1) is 10.5. The second-order valence-corrected chi connectivity index (χ2v) is 2.98. The van der Waals surface area contributed by atoms with E-state index in [4.69, 9.17) is 0 Å². The Morgan fingerprint density at radius 1 is 1.64 bits per heavy atom. The summed E-state index contributed by atoms with van der Waals surface area (Å²) < 4.78 is 8.01. The van der Waals surface area contributed by atoms with Crippen LogP contribution in [0.25, 0.3) is 0 Å². The molecule has 0 radical (unpaired) electrons. The molecule has 0 fully saturated rings. The van der Waals surface area contributed by atoms with Gasteiger partial charge in [-0.3, -0.25) is 0 Å². The predicted molar refractivity (Wildman–Crippen MR) is 45.1 cm³/mol. The minimum atomic E-state index is -0.463. The molecule has 0 aliphatic carbocycles. The molecule has 0 saturated carbocycles. The van der Waals surface area contributed by atoms with Crippen molar-refractivity contribution in [3.8, 4) is 0 Å². The van der Waals surface area contributed by atoms with E-state index in [0.717, 1.165) is 0 Å². The number of esters is 1. The smallest absolute Gasteiger partial charge is 0.331 e. The third kappa shape index (κ3) is 4.03. The summed E-state index contributed by atoms with van der Waals surface area (Å²) in [7, 11) is 1.34. The van der Waals surface area contributed by atoms with E-state index >= 15 is 0 Å². The SMILES string of the molecule is COC(=O)[C@H](CC(C)C)N=S. The lowest BCUT2D eigenvalue weighted by Crippen LogP contribution is -2.21. The highest BCUT2D eigenvalue weighted by atomic mass is 32.1. The summed E-state index contributed by atoms with van der Waals surface area (Å²) in [4.78, 5) is 10.9. The standard InChI is InChI=1S/C7H13NO2S/c1-5(2)4-6(8-11)7(9)10-3/h5-6H,4H2,1-3H3/t6-/m0/s1. The zero-order valence-corrected chi connectivity index (χ0v) is 7.85. The van der Waals surface area contributed by atoms with Gasteiger partial charge >= 0.3 is 5.97 Å². The zero-order valence-electron chi connectivity index (χ0n) is 7.03. The quantitative estimate of drug-likeness (QED) is 0.605. The number of ether oxygens (including phenoxy) is 1. The third-order valence-corrected chi connectivity index (χ3v) is 1.55. The Balaban J connectivity index is 3.95. The van der Waals surface area contributed by atoms with Crippen LogP contribution in [0.15, 0.2) is 4.36 Å². The van der Waals surface area contributed by atoms with Crippen LogP contribution < -0.4 is 0 Å². The molecule has 0 unspecified atom stereocenters. The van der Waals surface area contributed by atoms with E-state index < -0.39 is 6.04 Å². The molecule has 1 atom stereocenters. The number of hydrogen-bond donors (Lipinski definition) is 0. The zero-order chi connectivity index (χ0) is 8.85. The van der Waals surface area contributed by atoms with Crippen LogP contribution in [-0.4, -0.2) is 19.1 Å². The normalized spacial score (nSPS) is 12.7. The van der Waals surface area contributed by atoms with Crippen molar-refractivity contribution in [2.75, 3.05) is 7.11 Å². The van der Waals surface area contributed by atoms with E-state index in [1.54, 1.807) is 0 Å². The fourth-order valence-corrected chi connectivity index (χ4v) is 0.937. The number of carbonyl (C=O) groups excluding carboxylic acids is 1. The monoisotopic (exact) mass is 175 g/mol. The molecule has 0 heterocycles. The molecule has 64 valence electrons. The van der Waals surface area contributed by atoms with Gasteiger partial charge in [-0.15, -0.1) is 0 Å². The summed E-state index contributed by atoms with van der Waals surface area (Å²) in [5.74, 6) is 0.0690. The van der Waals surface area contributed by atoms with E-state index in [9.17, 15) is 4.79 Å². The molecule has 0 amide bonds. The molecule has 0 aromatic carbocycles. The van der Waals surface area contributed by atoms with Gasteiger partial charge in [0.1, 0.15) is 0 Å². The second-order valence-electron chi connectivity index (χ2n) is 2.77. The first-order chi connectivity index (χ1) is 5.11. The van der Waals surface area contributed by atoms with Crippen molar-refractivity contribution >= 4 is 18.4 Å². The molecule has 11 heavy (non-hydrogen) atoms. The van der Waals surface area contributed by atoms with Crippen molar-refractivity contribution < 1.29 is 9.53 Å². The Bertz CT molecular complexity index is 147. The van der Waals surface area contributed by atoms with Crippen LogP contribution in [-0.2, 0) is 22.0 Å². The molecule has 0 spiro atoms. The van der Waals surface area contributed by atoms with Gasteiger partial charge in [-0.2, -0.15) is 0 Å². The number of rotatable bonds is 4. The van der Waals surface area contributed by atoms with Gasteiger partial charge in [0.25, 0.3) is 0 Å². The van der Waals surface area contributed by atoms with E-state index in [0.29, 0.717) is 12.3 Å². The third-order valence-electron chi connectivity index (χ3n) is 1.30. The molecule has 4 heteroatoms. The fraction of sp³-hybridized carbons (Fsp3) is 0.857. The van der Waals surface area contributed by atoms with Gasteiger partial charge in [0, 0.05) is 12.4 Å². The number of nitrogens with zero attached hydrogens (tertiary/aromatic N) is 1. The van der Waals surface area contributed by atoms with Crippen LogP contribution in [0.5, 0.6) is 0 Å². The highest BCUT2D eigenvalue weighted by Gasteiger charge is 2.18. The van der Waals surface area contributed by atoms with E-state index in [2.05, 4.69) is 21.5 Å². The largest absolute Gasteiger partial charge is 0.467 e. The lowest BCUT2D eigenvalue weighted by Gasteiger charge is -2.09. The van der Waals surface area contributed by atoms with Crippen LogP contribution in [0.1, 0.15) is 20.3 Å². The molecular weight excluding hydrogens is 162 g/mol. The molecule has 0 saturated heterocycles. The first-order valence-corrected chi connectivity index (χ1v) is 3.88. The molecule has 0 aromatic heterocycles. The summed E-state index contributed by atoms with van der Waals surface area (Å²) in [5.41, 5.74) is 0. The van der Waals surface area contributed by atoms with Crippen molar-refractivity contribution in [3.05, 3.63) is 0 Å². The molecule has 0 aliphatic heterocycles. The van der Waals surface area contributed by atoms with Crippen molar-refractivity contribution in [2.45, 2.75) is 26.3 Å². The maximum absolute atomic E-state index is 10.9. The van der Waals surface area contributed by atoms with Gasteiger partial charge in [-0.05, 0) is 12.3 Å². The van der Waals surface area contributed by atoms with Gasteiger partial charge in [0.2, 0.25) is 0 Å². The Kier molecular flexibility index (Phi) is 4.94. The topological polar surface area (TPSA) is 38.7 Å². The summed E-state index contributed by atoms with van der Waals surface area (Å²) in [6.45, 7) is 4.02. The summed E-state index contributed by atoms with van der Waals surface area (Å²) >= 11 is 4.46. The molecule has 0 rings (SSSR count). The Hall–Kier alpha value is -0.510. The summed E-state index contributed by atoms with van der Waals surface area (Å²) in [6, 6.07) is -0.463. The van der Waals surface area contributed by atoms with Gasteiger partial charge in [-0.1, -0.05) is 13.8 Å². The molecule has 0 bridgehead atoms. The van der Waals surface area contributed by atoms with E-state index in [1.165, 1.54) is 7.11 Å². The van der Waals surface area contributed by atoms with Crippen molar-refractivity contribution in [1.29, 1.82) is 0 Å². The minimum absolute atomic E-state index is 0.339. The second kappa shape index (κ2) is 5.18. The Morgan fingerprint density at radius 2 is 2.18 bits per heavy atom. The van der Waals surface area contributed by atoms with Crippen LogP contribution in [0.2, 0.25) is 0 Å². The maximum atomic E-state index is 10.9. The molecule has 0 aliphatic rings. The maximum Gasteiger partial charge on any atom is 0.331 e. The molecule has 3 nitrogen and oxygen atoms in total.